The molecule has 1 amide bonds. The van der Waals surface area contributed by atoms with E-state index < -0.39 is 12.0 Å². The zero-order valence-corrected chi connectivity index (χ0v) is 21.4. The van der Waals surface area contributed by atoms with Gasteiger partial charge in [0, 0.05) is 30.7 Å². The molecule has 1 unspecified atom stereocenters. The topological polar surface area (TPSA) is 102 Å². The predicted octanol–water partition coefficient (Wildman–Crippen LogP) is 3.94. The molecule has 1 aromatic heterocycles. The molecule has 0 radical (unpaired) electrons. The summed E-state index contributed by atoms with van der Waals surface area (Å²) in [6.07, 6.45) is 4.06. The number of hydrogen-bond donors (Lipinski definition) is 1. The molecule has 0 aliphatic carbocycles. The maximum Gasteiger partial charge on any atom is 0.338 e. The van der Waals surface area contributed by atoms with Crippen molar-refractivity contribution in [2.24, 2.45) is 4.99 Å². The third-order valence-electron chi connectivity index (χ3n) is 5.87. The number of carbonyl (C=O) groups excluding carboxylic acids is 2. The van der Waals surface area contributed by atoms with Crippen LogP contribution in [0.25, 0.3) is 0 Å². The number of amidine groups is 1. The Hall–Kier alpha value is -3.79. The summed E-state index contributed by atoms with van der Waals surface area (Å²) in [4.78, 5) is 36.7. The number of hydrogen-bond acceptors (Lipinski definition) is 9. The van der Waals surface area contributed by atoms with E-state index >= 15 is 0 Å². The van der Waals surface area contributed by atoms with Crippen LogP contribution in [0.1, 0.15) is 36.9 Å². The van der Waals surface area contributed by atoms with Crippen molar-refractivity contribution in [3.63, 3.8) is 0 Å². The Bertz CT molecular complexity index is 1220. The van der Waals surface area contributed by atoms with Gasteiger partial charge in [-0.25, -0.2) is 9.79 Å². The van der Waals surface area contributed by atoms with Gasteiger partial charge in [0.05, 0.1) is 45.1 Å². The molecule has 2 aromatic rings. The smallest absolute Gasteiger partial charge is 0.338 e. The first-order valence-electron chi connectivity index (χ1n) is 11.4. The molecule has 3 heterocycles. The van der Waals surface area contributed by atoms with E-state index in [1.54, 1.807) is 32.7 Å². The van der Waals surface area contributed by atoms with Crippen LogP contribution >= 0.6 is 11.8 Å². The number of aromatic nitrogens is 1. The third kappa shape index (κ3) is 5.23. The van der Waals surface area contributed by atoms with Crippen LogP contribution < -0.4 is 14.8 Å². The Kier molecular flexibility index (Phi) is 7.94. The molecule has 2 aliphatic heterocycles. The molecule has 0 saturated heterocycles. The van der Waals surface area contributed by atoms with Gasteiger partial charge in [-0.2, -0.15) is 0 Å². The van der Waals surface area contributed by atoms with Gasteiger partial charge >= 0.3 is 5.97 Å². The highest BCUT2D eigenvalue weighted by Gasteiger charge is 2.41. The number of carbonyl (C=O) groups is 2. The normalized spacial score (nSPS) is 16.7. The first-order chi connectivity index (χ1) is 17.5. The Morgan fingerprint density at radius 3 is 2.50 bits per heavy atom. The number of pyridine rings is 1. The highest BCUT2D eigenvalue weighted by Crippen LogP contribution is 2.46. The van der Waals surface area contributed by atoms with E-state index in [4.69, 9.17) is 19.2 Å². The maximum atomic E-state index is 13.1. The van der Waals surface area contributed by atoms with Crippen molar-refractivity contribution < 1.29 is 23.8 Å². The monoisotopic (exact) mass is 508 g/mol. The van der Waals surface area contributed by atoms with E-state index in [2.05, 4.69) is 10.3 Å². The van der Waals surface area contributed by atoms with E-state index in [1.807, 2.05) is 41.5 Å². The minimum Gasteiger partial charge on any atom is -0.497 e. The van der Waals surface area contributed by atoms with Gasteiger partial charge in [-0.1, -0.05) is 24.8 Å². The van der Waals surface area contributed by atoms with Crippen LogP contribution in [0.15, 0.2) is 70.1 Å². The van der Waals surface area contributed by atoms with Crippen LogP contribution in [0.4, 0.5) is 0 Å². The van der Waals surface area contributed by atoms with Crippen LogP contribution in [0, 0.1) is 0 Å². The molecule has 0 spiro atoms. The standard InChI is InChI=1S/C26H28N4O5S/c1-5-21-23(25(32)35-4)24(17-9-19(33-2)12-20(10-17)34-3)30-18(15-36-26(30)29-21)11-22(31)28-14-16-7-6-8-27-13-16/h6-10,12-13,15,24H,5,11,14H2,1-4H3,(H,28,31). The number of allylic oxidation sites excluding steroid dienone is 1. The average molecular weight is 509 g/mol. The lowest BCUT2D eigenvalue weighted by atomic mass is 9.92. The van der Waals surface area contributed by atoms with Gasteiger partial charge in [-0.05, 0) is 41.2 Å². The summed E-state index contributed by atoms with van der Waals surface area (Å²) in [5, 5.41) is 5.54. The van der Waals surface area contributed by atoms with Gasteiger partial charge in [0.25, 0.3) is 0 Å². The SMILES string of the molecule is CCC1=C(C(=O)OC)C(c2cc(OC)cc(OC)c2)N2C(CC(=O)NCc3cccnc3)=CSC2=N1. The highest BCUT2D eigenvalue weighted by molar-refractivity contribution is 8.16. The van der Waals surface area contributed by atoms with Crippen molar-refractivity contribution in [2.75, 3.05) is 21.3 Å². The fraction of sp³-hybridized carbons (Fsp3) is 0.308. The lowest BCUT2D eigenvalue weighted by molar-refractivity contribution is -0.136. The lowest BCUT2D eigenvalue weighted by Gasteiger charge is -2.36. The number of esters is 1. The second-order valence-corrected chi connectivity index (χ2v) is 8.90. The molecule has 1 atom stereocenters. The van der Waals surface area contributed by atoms with E-state index in [-0.39, 0.29) is 12.3 Å². The Labute approximate surface area is 214 Å². The minimum absolute atomic E-state index is 0.111. The van der Waals surface area contributed by atoms with E-state index in [0.29, 0.717) is 40.9 Å². The van der Waals surface area contributed by atoms with Gasteiger partial charge in [0.2, 0.25) is 5.91 Å². The van der Waals surface area contributed by atoms with E-state index in [1.165, 1.54) is 18.9 Å². The summed E-state index contributed by atoms with van der Waals surface area (Å²) in [7, 11) is 4.50. The molecule has 9 nitrogen and oxygen atoms in total. The van der Waals surface area contributed by atoms with Crippen molar-refractivity contribution >= 4 is 28.8 Å². The van der Waals surface area contributed by atoms with Crippen molar-refractivity contribution in [3.8, 4) is 11.5 Å². The summed E-state index contributed by atoms with van der Waals surface area (Å²) in [5.74, 6) is 0.544. The van der Waals surface area contributed by atoms with E-state index in [9.17, 15) is 9.59 Å². The number of methoxy groups -OCH3 is 3. The number of ether oxygens (including phenoxy) is 3. The van der Waals surface area contributed by atoms with Crippen molar-refractivity contribution in [2.45, 2.75) is 32.4 Å². The molecule has 10 heteroatoms. The minimum atomic E-state index is -0.573. The Morgan fingerprint density at radius 2 is 1.89 bits per heavy atom. The summed E-state index contributed by atoms with van der Waals surface area (Å²) < 4.78 is 16.2. The van der Waals surface area contributed by atoms with Gasteiger partial charge in [0.15, 0.2) is 5.17 Å². The Balaban J connectivity index is 1.69. The van der Waals surface area contributed by atoms with Crippen molar-refractivity contribution in [1.29, 1.82) is 0 Å². The lowest BCUT2D eigenvalue weighted by Crippen LogP contribution is -2.38. The molecule has 1 N–H and O–H groups in total. The largest absolute Gasteiger partial charge is 0.497 e. The second-order valence-electron chi connectivity index (χ2n) is 8.06. The molecule has 36 heavy (non-hydrogen) atoms. The molecular weight excluding hydrogens is 480 g/mol. The van der Waals surface area contributed by atoms with E-state index in [0.717, 1.165) is 16.8 Å². The predicted molar refractivity (Wildman–Crippen MR) is 137 cm³/mol. The number of nitrogens with zero attached hydrogens (tertiary/aromatic N) is 3. The summed E-state index contributed by atoms with van der Waals surface area (Å²) in [6, 6.07) is 8.64. The molecular formula is C26H28N4O5S. The fourth-order valence-electron chi connectivity index (χ4n) is 4.15. The first kappa shape index (κ1) is 25.3. The summed E-state index contributed by atoms with van der Waals surface area (Å²) >= 11 is 1.42. The molecule has 2 aliphatic rings. The molecule has 4 rings (SSSR count). The average Bonchev–Trinajstić information content (AvgIpc) is 3.32. The second kappa shape index (κ2) is 11.3. The maximum absolute atomic E-state index is 13.1. The van der Waals surface area contributed by atoms with Gasteiger partial charge < -0.3 is 24.4 Å². The molecule has 0 bridgehead atoms. The summed E-state index contributed by atoms with van der Waals surface area (Å²) in [5.41, 5.74) is 3.46. The number of nitrogens with one attached hydrogen (secondary N) is 1. The third-order valence-corrected chi connectivity index (χ3v) is 6.76. The van der Waals surface area contributed by atoms with Crippen LogP contribution in [0.2, 0.25) is 0 Å². The van der Waals surface area contributed by atoms with Crippen LogP contribution in [0.3, 0.4) is 0 Å². The molecule has 1 aromatic carbocycles. The van der Waals surface area contributed by atoms with Gasteiger partial charge in [-0.15, -0.1) is 0 Å². The number of thioether (sulfide) groups is 1. The highest BCUT2D eigenvalue weighted by atomic mass is 32.2. The molecule has 0 fully saturated rings. The van der Waals surface area contributed by atoms with Crippen LogP contribution in [0.5, 0.6) is 11.5 Å². The number of amides is 1. The van der Waals surface area contributed by atoms with Crippen LogP contribution in [-0.2, 0) is 20.9 Å². The molecule has 0 saturated carbocycles. The number of fused-ring (bicyclic) bond motifs is 1. The molecule has 188 valence electrons. The summed E-state index contributed by atoms with van der Waals surface area (Å²) in [6.45, 7) is 2.32. The van der Waals surface area contributed by atoms with Gasteiger partial charge in [0.1, 0.15) is 11.5 Å². The van der Waals surface area contributed by atoms with Crippen LogP contribution in [-0.4, -0.2) is 48.3 Å². The first-order valence-corrected chi connectivity index (χ1v) is 12.3. The zero-order valence-electron chi connectivity index (χ0n) is 20.6. The zero-order chi connectivity index (χ0) is 25.7. The quantitative estimate of drug-likeness (QED) is 0.508. The van der Waals surface area contributed by atoms with Crippen molar-refractivity contribution in [3.05, 3.63) is 76.2 Å². The van der Waals surface area contributed by atoms with Crippen molar-refractivity contribution in [1.82, 2.24) is 15.2 Å². The Morgan fingerprint density at radius 1 is 1.14 bits per heavy atom. The number of aliphatic imine (C=N–C) groups is 1. The fourth-order valence-corrected chi connectivity index (χ4v) is 5.08. The number of benzene rings is 1. The number of rotatable bonds is 9. The van der Waals surface area contributed by atoms with Gasteiger partial charge in [-0.3, -0.25) is 9.78 Å².